The lowest BCUT2D eigenvalue weighted by Gasteiger charge is -2.21. The molecule has 0 radical (unpaired) electrons. The van der Waals surface area contributed by atoms with Crippen LogP contribution in [-0.4, -0.2) is 11.2 Å². The SMILES string of the molecule is O=C(O)N(c1ccccc1)c1ccc(Cl)c(C(F)(F)F)c1. The lowest BCUT2D eigenvalue weighted by atomic mass is 10.1. The fraction of sp³-hybridized carbons (Fsp3) is 0.0714. The Hall–Kier alpha value is -2.21. The summed E-state index contributed by atoms with van der Waals surface area (Å²) in [6.45, 7) is 0. The summed E-state index contributed by atoms with van der Waals surface area (Å²) < 4.78 is 38.5. The van der Waals surface area contributed by atoms with Gasteiger partial charge in [0.25, 0.3) is 0 Å². The standard InChI is InChI=1S/C14H9ClF3NO2/c15-12-7-6-10(8-11(12)14(16,17)18)19(13(20)21)9-4-2-1-3-5-9/h1-8H,(H,20,21). The first-order chi connectivity index (χ1) is 9.80. The second-order valence-corrected chi connectivity index (χ2v) is 4.52. The first-order valence-electron chi connectivity index (χ1n) is 5.75. The minimum absolute atomic E-state index is 0.134. The zero-order valence-electron chi connectivity index (χ0n) is 10.4. The number of para-hydroxylation sites is 1. The number of amides is 1. The predicted molar refractivity (Wildman–Crippen MR) is 73.1 cm³/mol. The maximum absolute atomic E-state index is 12.8. The Morgan fingerprint density at radius 2 is 1.67 bits per heavy atom. The molecule has 0 aliphatic carbocycles. The first kappa shape index (κ1) is 15.2. The average molecular weight is 316 g/mol. The minimum atomic E-state index is -4.66. The normalized spacial score (nSPS) is 11.2. The van der Waals surface area contributed by atoms with E-state index in [1.165, 1.54) is 18.2 Å². The van der Waals surface area contributed by atoms with E-state index < -0.39 is 22.9 Å². The van der Waals surface area contributed by atoms with E-state index in [2.05, 4.69) is 0 Å². The van der Waals surface area contributed by atoms with Crippen LogP contribution in [0.5, 0.6) is 0 Å². The lowest BCUT2D eigenvalue weighted by Crippen LogP contribution is -2.24. The summed E-state index contributed by atoms with van der Waals surface area (Å²) in [4.78, 5) is 12.1. The number of hydrogen-bond donors (Lipinski definition) is 1. The molecule has 2 rings (SSSR count). The number of alkyl halides is 3. The highest BCUT2D eigenvalue weighted by atomic mass is 35.5. The Bertz CT molecular complexity index is 659. The number of carboxylic acid groups (broad SMARTS) is 1. The molecule has 0 aliphatic heterocycles. The molecule has 21 heavy (non-hydrogen) atoms. The molecule has 0 spiro atoms. The summed E-state index contributed by atoms with van der Waals surface area (Å²) in [5.74, 6) is 0. The number of rotatable bonds is 2. The highest BCUT2D eigenvalue weighted by Crippen LogP contribution is 2.38. The maximum atomic E-state index is 12.8. The fourth-order valence-electron chi connectivity index (χ4n) is 1.82. The van der Waals surface area contributed by atoms with Gasteiger partial charge in [-0.25, -0.2) is 9.69 Å². The third kappa shape index (κ3) is 3.28. The second-order valence-electron chi connectivity index (χ2n) is 4.12. The van der Waals surface area contributed by atoms with Crippen molar-refractivity contribution in [1.82, 2.24) is 0 Å². The van der Waals surface area contributed by atoms with Crippen LogP contribution in [0.1, 0.15) is 5.56 Å². The second kappa shape index (κ2) is 5.65. The molecule has 0 aliphatic rings. The van der Waals surface area contributed by atoms with E-state index in [4.69, 9.17) is 11.6 Å². The van der Waals surface area contributed by atoms with Crippen LogP contribution in [0.4, 0.5) is 29.3 Å². The molecular formula is C14H9ClF3NO2. The molecule has 110 valence electrons. The molecule has 2 aromatic rings. The summed E-state index contributed by atoms with van der Waals surface area (Å²) >= 11 is 5.53. The molecule has 0 unspecified atom stereocenters. The lowest BCUT2D eigenvalue weighted by molar-refractivity contribution is -0.137. The van der Waals surface area contributed by atoms with Crippen LogP contribution >= 0.6 is 11.6 Å². The minimum Gasteiger partial charge on any atom is -0.464 e. The molecular weight excluding hydrogens is 307 g/mol. The Balaban J connectivity index is 2.55. The van der Waals surface area contributed by atoms with Crippen molar-refractivity contribution >= 4 is 29.1 Å². The molecule has 0 saturated carbocycles. The largest absolute Gasteiger partial charge is 0.464 e. The molecule has 0 aromatic heterocycles. The quantitative estimate of drug-likeness (QED) is 0.830. The van der Waals surface area contributed by atoms with Gasteiger partial charge in [0.05, 0.1) is 22.0 Å². The van der Waals surface area contributed by atoms with Gasteiger partial charge in [0, 0.05) is 0 Å². The highest BCUT2D eigenvalue weighted by Gasteiger charge is 2.34. The van der Waals surface area contributed by atoms with Crippen LogP contribution in [0.25, 0.3) is 0 Å². The number of anilines is 2. The van der Waals surface area contributed by atoms with Gasteiger partial charge in [-0.1, -0.05) is 29.8 Å². The zero-order valence-corrected chi connectivity index (χ0v) is 11.2. The topological polar surface area (TPSA) is 40.5 Å². The van der Waals surface area contributed by atoms with Gasteiger partial charge >= 0.3 is 12.3 Å². The number of nitrogens with zero attached hydrogens (tertiary/aromatic N) is 1. The number of halogens is 4. The van der Waals surface area contributed by atoms with Crippen molar-refractivity contribution in [2.75, 3.05) is 4.90 Å². The van der Waals surface area contributed by atoms with Crippen LogP contribution in [0.2, 0.25) is 5.02 Å². The van der Waals surface area contributed by atoms with Crippen molar-refractivity contribution < 1.29 is 23.1 Å². The van der Waals surface area contributed by atoms with Gasteiger partial charge in [0.2, 0.25) is 0 Å². The molecule has 2 aromatic carbocycles. The number of benzene rings is 2. The predicted octanol–water partition coefficient (Wildman–Crippen LogP) is 5.17. The maximum Gasteiger partial charge on any atom is 0.417 e. The van der Waals surface area contributed by atoms with Crippen molar-refractivity contribution in [2.45, 2.75) is 6.18 Å². The Morgan fingerprint density at radius 3 is 2.19 bits per heavy atom. The average Bonchev–Trinajstić information content (AvgIpc) is 2.40. The van der Waals surface area contributed by atoms with Crippen molar-refractivity contribution in [2.24, 2.45) is 0 Å². The summed E-state index contributed by atoms with van der Waals surface area (Å²) in [5, 5.41) is 8.77. The number of hydrogen-bond acceptors (Lipinski definition) is 1. The van der Waals surface area contributed by atoms with Gasteiger partial charge < -0.3 is 5.11 Å². The molecule has 3 nitrogen and oxygen atoms in total. The first-order valence-corrected chi connectivity index (χ1v) is 6.13. The van der Waals surface area contributed by atoms with Crippen LogP contribution in [0.3, 0.4) is 0 Å². The van der Waals surface area contributed by atoms with Crippen LogP contribution < -0.4 is 4.90 Å². The van der Waals surface area contributed by atoms with Crippen LogP contribution in [-0.2, 0) is 6.18 Å². The summed E-state index contributed by atoms with van der Waals surface area (Å²) in [5.41, 5.74) is -0.977. The van der Waals surface area contributed by atoms with Crippen molar-refractivity contribution in [3.8, 4) is 0 Å². The molecule has 0 heterocycles. The smallest absolute Gasteiger partial charge is 0.417 e. The van der Waals surface area contributed by atoms with E-state index in [0.717, 1.165) is 11.0 Å². The van der Waals surface area contributed by atoms with Crippen molar-refractivity contribution in [1.29, 1.82) is 0 Å². The van der Waals surface area contributed by atoms with E-state index in [1.54, 1.807) is 18.2 Å². The monoisotopic (exact) mass is 315 g/mol. The Labute approximate surface area is 123 Å². The Kier molecular flexibility index (Phi) is 4.09. The molecule has 0 bridgehead atoms. The van der Waals surface area contributed by atoms with Crippen molar-refractivity contribution in [3.05, 3.63) is 59.1 Å². The molecule has 0 atom stereocenters. The highest BCUT2D eigenvalue weighted by molar-refractivity contribution is 6.31. The van der Waals surface area contributed by atoms with E-state index in [9.17, 15) is 23.1 Å². The van der Waals surface area contributed by atoms with Gasteiger partial charge in [-0.3, -0.25) is 0 Å². The summed E-state index contributed by atoms with van der Waals surface area (Å²) in [7, 11) is 0. The molecule has 7 heteroatoms. The van der Waals surface area contributed by atoms with Gasteiger partial charge in [-0.05, 0) is 30.3 Å². The van der Waals surface area contributed by atoms with E-state index in [0.29, 0.717) is 6.07 Å². The van der Waals surface area contributed by atoms with Gasteiger partial charge in [-0.15, -0.1) is 0 Å². The van der Waals surface area contributed by atoms with E-state index >= 15 is 0 Å². The molecule has 1 amide bonds. The fourth-order valence-corrected chi connectivity index (χ4v) is 2.04. The number of carbonyl (C=O) groups is 1. The van der Waals surface area contributed by atoms with Gasteiger partial charge in [-0.2, -0.15) is 13.2 Å². The summed E-state index contributed by atoms with van der Waals surface area (Å²) in [6.07, 6.45) is -6.05. The third-order valence-electron chi connectivity index (χ3n) is 2.72. The zero-order chi connectivity index (χ0) is 15.6. The van der Waals surface area contributed by atoms with Gasteiger partial charge in [0.15, 0.2) is 0 Å². The van der Waals surface area contributed by atoms with E-state index in [-0.39, 0.29) is 11.4 Å². The third-order valence-corrected chi connectivity index (χ3v) is 3.05. The van der Waals surface area contributed by atoms with Crippen molar-refractivity contribution in [3.63, 3.8) is 0 Å². The summed E-state index contributed by atoms with van der Waals surface area (Å²) in [6, 6.07) is 10.8. The van der Waals surface area contributed by atoms with Crippen LogP contribution in [0, 0.1) is 0 Å². The van der Waals surface area contributed by atoms with Gasteiger partial charge in [0.1, 0.15) is 0 Å². The molecule has 1 N–H and O–H groups in total. The van der Waals surface area contributed by atoms with E-state index in [1.807, 2.05) is 0 Å². The Morgan fingerprint density at radius 1 is 1.05 bits per heavy atom. The molecule has 0 saturated heterocycles. The molecule has 0 fully saturated rings. The van der Waals surface area contributed by atoms with Crippen LogP contribution in [0.15, 0.2) is 48.5 Å².